The van der Waals surface area contributed by atoms with Gasteiger partial charge in [-0.15, -0.1) is 11.3 Å². The van der Waals surface area contributed by atoms with Crippen molar-refractivity contribution in [3.63, 3.8) is 0 Å². The van der Waals surface area contributed by atoms with Crippen molar-refractivity contribution < 1.29 is 9.59 Å². The summed E-state index contributed by atoms with van der Waals surface area (Å²) in [7, 11) is 0. The summed E-state index contributed by atoms with van der Waals surface area (Å²) in [4.78, 5) is 31.9. The molecule has 0 aromatic carbocycles. The van der Waals surface area contributed by atoms with Gasteiger partial charge in [-0.25, -0.2) is 4.98 Å². The number of hydrogen-bond donors (Lipinski definition) is 1. The van der Waals surface area contributed by atoms with Gasteiger partial charge < -0.3 is 10.2 Å². The molecule has 108 valence electrons. The molecule has 2 heterocycles. The van der Waals surface area contributed by atoms with Crippen LogP contribution in [-0.4, -0.2) is 33.8 Å². The van der Waals surface area contributed by atoms with Crippen LogP contribution in [0.15, 0.2) is 5.51 Å². The number of rotatable bonds is 2. The van der Waals surface area contributed by atoms with Crippen molar-refractivity contribution >= 4 is 23.2 Å². The van der Waals surface area contributed by atoms with Crippen LogP contribution in [0.5, 0.6) is 0 Å². The van der Waals surface area contributed by atoms with Crippen LogP contribution in [0.25, 0.3) is 0 Å². The number of nitrogens with one attached hydrogen (secondary N) is 1. The molecule has 5 nitrogen and oxygen atoms in total. The highest BCUT2D eigenvalue weighted by Crippen LogP contribution is 2.33. The molecule has 1 aliphatic heterocycles. The van der Waals surface area contributed by atoms with Crippen LogP contribution in [0.2, 0.25) is 0 Å². The molecular weight excluding hydrogens is 274 g/mol. The zero-order chi connectivity index (χ0) is 14.2. The van der Waals surface area contributed by atoms with Gasteiger partial charge in [0.25, 0.3) is 0 Å². The fourth-order valence-electron chi connectivity index (χ4n) is 3.14. The summed E-state index contributed by atoms with van der Waals surface area (Å²) >= 11 is 1.57. The van der Waals surface area contributed by atoms with E-state index in [4.69, 9.17) is 0 Å². The average molecular weight is 293 g/mol. The molecule has 6 heteroatoms. The molecule has 0 atom stereocenters. The zero-order valence-electron chi connectivity index (χ0n) is 11.6. The largest absolute Gasteiger partial charge is 0.342 e. The van der Waals surface area contributed by atoms with E-state index in [0.717, 1.165) is 36.3 Å². The number of nitrogens with zero attached hydrogens (tertiary/aromatic N) is 2. The van der Waals surface area contributed by atoms with E-state index in [-0.39, 0.29) is 11.8 Å². The molecule has 3 rings (SSSR count). The molecule has 0 bridgehead atoms. The van der Waals surface area contributed by atoms with E-state index in [1.165, 1.54) is 0 Å². The number of carbonyl (C=O) groups excluding carboxylic acids is 2. The lowest BCUT2D eigenvalue weighted by atomic mass is 9.96. The van der Waals surface area contributed by atoms with Crippen molar-refractivity contribution in [2.24, 2.45) is 0 Å². The van der Waals surface area contributed by atoms with E-state index in [0.29, 0.717) is 19.5 Å². The van der Waals surface area contributed by atoms with E-state index in [1.807, 2.05) is 17.3 Å². The number of aromatic nitrogens is 1. The predicted molar refractivity (Wildman–Crippen MR) is 76.2 cm³/mol. The number of carbonyl (C=O) groups is 2. The minimum atomic E-state index is -0.633. The molecule has 20 heavy (non-hydrogen) atoms. The van der Waals surface area contributed by atoms with Gasteiger partial charge in [0.05, 0.1) is 17.7 Å². The maximum atomic E-state index is 12.8. The van der Waals surface area contributed by atoms with Gasteiger partial charge in [-0.05, 0) is 19.8 Å². The maximum absolute atomic E-state index is 12.8. The molecule has 2 fully saturated rings. The Bertz CT molecular complexity index is 534. The highest BCUT2D eigenvalue weighted by atomic mass is 32.1. The van der Waals surface area contributed by atoms with Crippen LogP contribution in [0.1, 0.15) is 42.7 Å². The van der Waals surface area contributed by atoms with E-state index >= 15 is 0 Å². The van der Waals surface area contributed by atoms with Crippen molar-refractivity contribution in [2.45, 2.75) is 51.1 Å². The standard InChI is InChI=1S/C14H19N3O2S/c1-10-11(20-9-15-10)8-17-7-4-12(18)16-14(13(17)19)5-2-3-6-14/h9H,2-8H2,1H3,(H,16,18). The molecular formula is C14H19N3O2S. The summed E-state index contributed by atoms with van der Waals surface area (Å²) in [6.45, 7) is 3.04. The quantitative estimate of drug-likeness (QED) is 0.901. The second-order valence-corrected chi connectivity index (χ2v) is 6.61. The summed E-state index contributed by atoms with van der Waals surface area (Å²) in [5, 5.41) is 2.99. The van der Waals surface area contributed by atoms with Crippen LogP contribution >= 0.6 is 11.3 Å². The molecule has 1 aromatic heterocycles. The first-order valence-corrected chi connectivity index (χ1v) is 7.98. The Hall–Kier alpha value is -1.43. The van der Waals surface area contributed by atoms with Gasteiger partial charge in [-0.1, -0.05) is 12.8 Å². The maximum Gasteiger partial charge on any atom is 0.248 e. The van der Waals surface area contributed by atoms with Gasteiger partial charge in [-0.3, -0.25) is 9.59 Å². The first-order chi connectivity index (χ1) is 9.61. The fraction of sp³-hybridized carbons (Fsp3) is 0.643. The molecule has 0 unspecified atom stereocenters. The normalized spacial score (nSPS) is 22.1. The highest BCUT2D eigenvalue weighted by Gasteiger charge is 2.46. The fourth-order valence-corrected chi connectivity index (χ4v) is 3.93. The Morgan fingerprint density at radius 1 is 1.40 bits per heavy atom. The number of aryl methyl sites for hydroxylation is 1. The lowest BCUT2D eigenvalue weighted by Gasteiger charge is -2.31. The Labute approximate surface area is 122 Å². The summed E-state index contributed by atoms with van der Waals surface area (Å²) in [5.74, 6) is 0.0948. The van der Waals surface area contributed by atoms with E-state index in [1.54, 1.807) is 11.3 Å². The highest BCUT2D eigenvalue weighted by molar-refractivity contribution is 7.09. The number of hydrogen-bond acceptors (Lipinski definition) is 4. The summed E-state index contributed by atoms with van der Waals surface area (Å²) < 4.78 is 0. The van der Waals surface area contributed by atoms with Crippen molar-refractivity contribution in [2.75, 3.05) is 6.54 Å². The van der Waals surface area contributed by atoms with Gasteiger partial charge in [-0.2, -0.15) is 0 Å². The van der Waals surface area contributed by atoms with Gasteiger partial charge >= 0.3 is 0 Å². The topological polar surface area (TPSA) is 62.3 Å². The first kappa shape index (κ1) is 13.5. The van der Waals surface area contributed by atoms with Crippen LogP contribution < -0.4 is 5.32 Å². The van der Waals surface area contributed by atoms with Gasteiger partial charge in [0, 0.05) is 17.8 Å². The monoisotopic (exact) mass is 293 g/mol. The lowest BCUT2D eigenvalue weighted by Crippen LogP contribution is -2.55. The van der Waals surface area contributed by atoms with Crippen LogP contribution in [0.3, 0.4) is 0 Å². The molecule has 1 N–H and O–H groups in total. The Kier molecular flexibility index (Phi) is 3.50. The van der Waals surface area contributed by atoms with Crippen LogP contribution in [0.4, 0.5) is 0 Å². The van der Waals surface area contributed by atoms with E-state index in [9.17, 15) is 9.59 Å². The number of amides is 2. The Morgan fingerprint density at radius 3 is 2.80 bits per heavy atom. The third-order valence-corrected chi connectivity index (χ3v) is 5.24. The molecule has 1 spiro atoms. The predicted octanol–water partition coefficient (Wildman–Crippen LogP) is 1.61. The van der Waals surface area contributed by atoms with Crippen LogP contribution in [0, 0.1) is 6.92 Å². The summed E-state index contributed by atoms with van der Waals surface area (Å²) in [5.41, 5.74) is 2.15. The van der Waals surface area contributed by atoms with E-state index < -0.39 is 5.54 Å². The molecule has 1 saturated heterocycles. The molecule has 1 aliphatic carbocycles. The second-order valence-electron chi connectivity index (χ2n) is 5.68. The minimum Gasteiger partial charge on any atom is -0.342 e. The van der Waals surface area contributed by atoms with Crippen molar-refractivity contribution in [1.29, 1.82) is 0 Å². The van der Waals surface area contributed by atoms with Crippen molar-refractivity contribution in [3.8, 4) is 0 Å². The van der Waals surface area contributed by atoms with Gasteiger partial charge in [0.1, 0.15) is 5.54 Å². The second kappa shape index (κ2) is 5.16. The Balaban J connectivity index is 1.84. The molecule has 1 aromatic rings. The minimum absolute atomic E-state index is 0.00350. The molecule has 1 saturated carbocycles. The average Bonchev–Trinajstić information content (AvgIpc) is 3.01. The van der Waals surface area contributed by atoms with E-state index in [2.05, 4.69) is 10.3 Å². The molecule has 0 radical (unpaired) electrons. The SMILES string of the molecule is Cc1ncsc1CN1CCC(=O)NC2(CCCC2)C1=O. The van der Waals surface area contributed by atoms with Crippen molar-refractivity contribution in [1.82, 2.24) is 15.2 Å². The van der Waals surface area contributed by atoms with Crippen molar-refractivity contribution in [3.05, 3.63) is 16.1 Å². The third kappa shape index (κ3) is 2.32. The first-order valence-electron chi connectivity index (χ1n) is 7.10. The summed E-state index contributed by atoms with van der Waals surface area (Å²) in [6, 6.07) is 0. The third-order valence-electron chi connectivity index (χ3n) is 4.32. The molecule has 2 amide bonds. The number of thiazole rings is 1. The van der Waals surface area contributed by atoms with Gasteiger partial charge in [0.2, 0.25) is 11.8 Å². The Morgan fingerprint density at radius 2 is 2.15 bits per heavy atom. The molecule has 2 aliphatic rings. The van der Waals surface area contributed by atoms with Crippen LogP contribution in [-0.2, 0) is 16.1 Å². The smallest absolute Gasteiger partial charge is 0.248 e. The summed E-state index contributed by atoms with van der Waals surface area (Å²) in [6.07, 6.45) is 3.97. The lowest BCUT2D eigenvalue weighted by molar-refractivity contribution is -0.139. The van der Waals surface area contributed by atoms with Gasteiger partial charge in [0.15, 0.2) is 0 Å². The zero-order valence-corrected chi connectivity index (χ0v) is 12.5.